The van der Waals surface area contributed by atoms with E-state index in [1.807, 2.05) is 0 Å². The van der Waals surface area contributed by atoms with E-state index in [4.69, 9.17) is 11.6 Å². The molecule has 0 saturated carbocycles. The monoisotopic (exact) mass is 354 g/mol. The van der Waals surface area contributed by atoms with Crippen LogP contribution >= 0.6 is 11.6 Å². The molecule has 0 aromatic heterocycles. The van der Waals surface area contributed by atoms with Crippen LogP contribution in [-0.4, -0.2) is 21.8 Å². The molecule has 2 aromatic carbocycles. The topological polar surface area (TPSA) is 6.48 Å². The molecular weight excluding hydrogens is 328 g/mol. The molecule has 0 spiro atoms. The fourth-order valence-corrected chi connectivity index (χ4v) is 3.58. The molecule has 0 bridgehead atoms. The lowest BCUT2D eigenvalue weighted by molar-refractivity contribution is 0.129. The Hall–Kier alpha value is -1.93. The normalized spacial score (nSPS) is 14.4. The van der Waals surface area contributed by atoms with Crippen LogP contribution in [0.2, 0.25) is 0 Å². The van der Waals surface area contributed by atoms with Gasteiger partial charge < -0.3 is 9.80 Å². The molecule has 0 radical (unpaired) electrons. The maximum atomic E-state index is 5.84. The van der Waals surface area contributed by atoms with Gasteiger partial charge in [-0.25, -0.2) is 0 Å². The number of unbranched alkanes of at least 4 members (excludes halogenated alkanes) is 2. The van der Waals surface area contributed by atoms with E-state index >= 15 is 0 Å². The molecule has 132 valence electrons. The highest BCUT2D eigenvalue weighted by molar-refractivity contribution is 6.17. The molecule has 0 atom stereocenters. The molecule has 25 heavy (non-hydrogen) atoms. The molecular formula is C22H27ClN2. The Bertz CT molecular complexity index is 590. The number of nitrogens with zero attached hydrogens (tertiary/aromatic N) is 2. The van der Waals surface area contributed by atoms with Crippen molar-refractivity contribution in [1.82, 2.24) is 9.80 Å². The van der Waals surface area contributed by atoms with Crippen molar-refractivity contribution in [1.29, 1.82) is 0 Å². The lowest BCUT2D eigenvalue weighted by Crippen LogP contribution is -2.37. The van der Waals surface area contributed by atoms with Gasteiger partial charge >= 0.3 is 0 Å². The van der Waals surface area contributed by atoms with Crippen molar-refractivity contribution in [2.24, 2.45) is 0 Å². The van der Waals surface area contributed by atoms with Crippen molar-refractivity contribution in [3.05, 3.63) is 84.2 Å². The highest BCUT2D eigenvalue weighted by Crippen LogP contribution is 2.25. The molecule has 0 N–H and O–H groups in total. The Kier molecular flexibility index (Phi) is 6.81. The number of rotatable bonds is 9. The van der Waals surface area contributed by atoms with Gasteiger partial charge in [0.2, 0.25) is 0 Å². The predicted octanol–water partition coefficient (Wildman–Crippen LogP) is 5.60. The molecule has 0 amide bonds. The van der Waals surface area contributed by atoms with Crippen LogP contribution in [0.3, 0.4) is 0 Å². The molecule has 2 nitrogen and oxygen atoms in total. The third-order valence-corrected chi connectivity index (χ3v) is 4.99. The molecule has 2 aromatic rings. The van der Waals surface area contributed by atoms with E-state index in [0.29, 0.717) is 6.17 Å². The molecule has 3 heteroatoms. The molecule has 1 heterocycles. The summed E-state index contributed by atoms with van der Waals surface area (Å²) in [7, 11) is 0. The number of alkyl halides is 1. The van der Waals surface area contributed by atoms with E-state index in [9.17, 15) is 0 Å². The minimum Gasteiger partial charge on any atom is -0.352 e. The van der Waals surface area contributed by atoms with Crippen molar-refractivity contribution < 1.29 is 0 Å². The first-order valence-electron chi connectivity index (χ1n) is 9.20. The van der Waals surface area contributed by atoms with Crippen molar-refractivity contribution >= 4 is 11.6 Å². The number of halogens is 1. The van der Waals surface area contributed by atoms with Gasteiger partial charge in [-0.3, -0.25) is 0 Å². The minimum absolute atomic E-state index is 0.427. The average molecular weight is 355 g/mol. The first-order valence-corrected chi connectivity index (χ1v) is 9.74. The van der Waals surface area contributed by atoms with Gasteiger partial charge in [0.05, 0.1) is 0 Å². The summed E-state index contributed by atoms with van der Waals surface area (Å²) >= 11 is 5.84. The van der Waals surface area contributed by atoms with E-state index in [1.54, 1.807) is 0 Å². The molecule has 0 aliphatic carbocycles. The van der Waals surface area contributed by atoms with E-state index < -0.39 is 0 Å². The summed E-state index contributed by atoms with van der Waals surface area (Å²) in [5.41, 5.74) is 2.72. The van der Waals surface area contributed by atoms with Crippen LogP contribution in [0, 0.1) is 0 Å². The number of hydrogen-bond donors (Lipinski definition) is 0. The molecule has 0 unspecified atom stereocenters. The third kappa shape index (κ3) is 5.27. The van der Waals surface area contributed by atoms with Crippen LogP contribution in [0.15, 0.2) is 73.1 Å². The minimum atomic E-state index is 0.427. The maximum Gasteiger partial charge on any atom is 0.101 e. The molecule has 0 saturated heterocycles. The quantitative estimate of drug-likeness (QED) is 0.427. The van der Waals surface area contributed by atoms with Crippen molar-refractivity contribution in [2.75, 3.05) is 5.88 Å². The summed E-state index contributed by atoms with van der Waals surface area (Å²) in [6, 6.07) is 21.5. The smallest absolute Gasteiger partial charge is 0.101 e. The highest BCUT2D eigenvalue weighted by Gasteiger charge is 2.25. The van der Waals surface area contributed by atoms with Gasteiger partial charge in [-0.15, -0.1) is 11.6 Å². The van der Waals surface area contributed by atoms with Gasteiger partial charge in [-0.05, 0) is 30.4 Å². The standard InChI is InChI=1S/C22H27ClN2/c23-15-9-3-8-14-22-24(18-20-10-4-1-5-11-20)16-17-25(22)19-21-12-6-2-7-13-21/h1-2,4-7,10-13,16-17,22H,3,8-9,14-15,18-19H2. The van der Waals surface area contributed by atoms with Gasteiger partial charge in [0, 0.05) is 31.4 Å². The Morgan fingerprint density at radius 3 is 1.68 bits per heavy atom. The summed E-state index contributed by atoms with van der Waals surface area (Å²) in [6.45, 7) is 1.92. The molecule has 3 rings (SSSR count). The average Bonchev–Trinajstić information content (AvgIpc) is 3.02. The molecule has 1 aliphatic heterocycles. The number of hydrogen-bond acceptors (Lipinski definition) is 2. The third-order valence-electron chi connectivity index (χ3n) is 4.73. The van der Waals surface area contributed by atoms with Gasteiger partial charge in [0.25, 0.3) is 0 Å². The van der Waals surface area contributed by atoms with Crippen LogP contribution in [0.25, 0.3) is 0 Å². The van der Waals surface area contributed by atoms with Crippen molar-refractivity contribution in [3.63, 3.8) is 0 Å². The molecule has 1 aliphatic rings. The zero-order valence-corrected chi connectivity index (χ0v) is 15.5. The summed E-state index contributed by atoms with van der Waals surface area (Å²) < 4.78 is 0. The Balaban J connectivity index is 1.65. The zero-order valence-electron chi connectivity index (χ0n) is 14.7. The van der Waals surface area contributed by atoms with Crippen LogP contribution in [0.4, 0.5) is 0 Å². The number of benzene rings is 2. The fraction of sp³-hybridized carbons (Fsp3) is 0.364. The Morgan fingerprint density at radius 1 is 0.680 bits per heavy atom. The second-order valence-corrected chi connectivity index (χ2v) is 7.01. The van der Waals surface area contributed by atoms with E-state index in [1.165, 1.54) is 30.4 Å². The van der Waals surface area contributed by atoms with E-state index in [2.05, 4.69) is 82.9 Å². The van der Waals surface area contributed by atoms with E-state index in [0.717, 1.165) is 25.4 Å². The van der Waals surface area contributed by atoms with Crippen LogP contribution < -0.4 is 0 Å². The lowest BCUT2D eigenvalue weighted by Gasteiger charge is -2.33. The second-order valence-electron chi connectivity index (χ2n) is 6.63. The first kappa shape index (κ1) is 17.9. The molecule has 0 fully saturated rings. The van der Waals surface area contributed by atoms with Crippen LogP contribution in [0.1, 0.15) is 36.8 Å². The van der Waals surface area contributed by atoms with Gasteiger partial charge in [-0.1, -0.05) is 67.1 Å². The van der Waals surface area contributed by atoms with Gasteiger partial charge in [-0.2, -0.15) is 0 Å². The lowest BCUT2D eigenvalue weighted by atomic mass is 10.1. The predicted molar refractivity (Wildman–Crippen MR) is 106 cm³/mol. The Morgan fingerprint density at radius 2 is 1.20 bits per heavy atom. The van der Waals surface area contributed by atoms with E-state index in [-0.39, 0.29) is 0 Å². The van der Waals surface area contributed by atoms with Crippen LogP contribution in [0.5, 0.6) is 0 Å². The SMILES string of the molecule is ClCCCCCC1N(Cc2ccccc2)C=CN1Cc1ccccc1. The van der Waals surface area contributed by atoms with Crippen LogP contribution in [-0.2, 0) is 13.1 Å². The van der Waals surface area contributed by atoms with Gasteiger partial charge in [0.1, 0.15) is 6.17 Å². The summed E-state index contributed by atoms with van der Waals surface area (Å²) in [5.74, 6) is 0.768. The highest BCUT2D eigenvalue weighted by atomic mass is 35.5. The van der Waals surface area contributed by atoms with Crippen molar-refractivity contribution in [3.8, 4) is 0 Å². The van der Waals surface area contributed by atoms with Gasteiger partial charge in [0.15, 0.2) is 0 Å². The summed E-state index contributed by atoms with van der Waals surface area (Å²) in [6.07, 6.45) is 9.64. The zero-order chi connectivity index (χ0) is 17.3. The first-order chi connectivity index (χ1) is 12.4. The Labute approximate surface area is 156 Å². The van der Waals surface area contributed by atoms with Crippen molar-refractivity contribution in [2.45, 2.75) is 44.9 Å². The fourth-order valence-electron chi connectivity index (χ4n) is 3.39. The summed E-state index contributed by atoms with van der Waals surface area (Å²) in [4.78, 5) is 4.94. The second kappa shape index (κ2) is 9.53. The largest absolute Gasteiger partial charge is 0.352 e. The maximum absolute atomic E-state index is 5.84. The summed E-state index contributed by atoms with van der Waals surface area (Å²) in [5, 5.41) is 0.